The van der Waals surface area contributed by atoms with Crippen molar-refractivity contribution in [2.24, 2.45) is 0 Å². The maximum absolute atomic E-state index is 14.3. The van der Waals surface area contributed by atoms with Crippen molar-refractivity contribution in [1.82, 2.24) is 0 Å². The number of ether oxygens (including phenoxy) is 2. The lowest BCUT2D eigenvalue weighted by molar-refractivity contribution is -0.138. The Morgan fingerprint density at radius 2 is 1.91 bits per heavy atom. The summed E-state index contributed by atoms with van der Waals surface area (Å²) in [6.45, 7) is 1.67. The lowest BCUT2D eigenvalue weighted by Gasteiger charge is -2.19. The Bertz CT molecular complexity index is 625. The van der Waals surface area contributed by atoms with Crippen LogP contribution in [0, 0.1) is 5.82 Å². The molecule has 0 radical (unpaired) electrons. The Kier molecular flexibility index (Phi) is 5.56. The van der Waals surface area contributed by atoms with Crippen molar-refractivity contribution in [3.8, 4) is 0 Å². The molecule has 1 fully saturated rings. The van der Waals surface area contributed by atoms with Crippen LogP contribution in [0.3, 0.4) is 0 Å². The van der Waals surface area contributed by atoms with E-state index < -0.39 is 11.9 Å². The molecule has 0 atom stereocenters. The van der Waals surface area contributed by atoms with E-state index in [1.54, 1.807) is 12.1 Å². The van der Waals surface area contributed by atoms with Gasteiger partial charge in [-0.2, -0.15) is 0 Å². The molecule has 0 amide bonds. The van der Waals surface area contributed by atoms with Crippen LogP contribution in [0.25, 0.3) is 0 Å². The molecule has 1 N–H and O–H groups in total. The fourth-order valence-electron chi connectivity index (χ4n) is 2.39. The lowest BCUT2D eigenvalue weighted by atomic mass is 10.2. The second-order valence-electron chi connectivity index (χ2n) is 5.06. The summed E-state index contributed by atoms with van der Waals surface area (Å²) in [5.74, 6) is -1.86. The summed E-state index contributed by atoms with van der Waals surface area (Å²) < 4.78 is 23.3. The molecular formula is C16H19FN2O4. The Morgan fingerprint density at radius 3 is 2.48 bits per heavy atom. The highest BCUT2D eigenvalue weighted by Crippen LogP contribution is 2.26. The molecule has 0 aliphatic carbocycles. The molecule has 7 heteroatoms. The third kappa shape index (κ3) is 4.21. The Morgan fingerprint density at radius 1 is 1.22 bits per heavy atom. The molecule has 1 aliphatic rings. The summed E-state index contributed by atoms with van der Waals surface area (Å²) in [7, 11) is 2.38. The number of carbonyl (C=O) groups is 2. The molecule has 0 aromatic heterocycles. The molecule has 1 aromatic carbocycles. The molecule has 23 heavy (non-hydrogen) atoms. The van der Waals surface area contributed by atoms with Gasteiger partial charge in [0.1, 0.15) is 11.5 Å². The Labute approximate surface area is 133 Å². The van der Waals surface area contributed by atoms with Crippen molar-refractivity contribution in [1.29, 1.82) is 0 Å². The third-order valence-corrected chi connectivity index (χ3v) is 3.54. The molecule has 124 valence electrons. The van der Waals surface area contributed by atoms with Crippen LogP contribution in [0.2, 0.25) is 0 Å². The molecule has 1 heterocycles. The van der Waals surface area contributed by atoms with E-state index in [0.29, 0.717) is 11.4 Å². The minimum atomic E-state index is -0.751. The van der Waals surface area contributed by atoms with Crippen molar-refractivity contribution in [2.75, 3.05) is 37.5 Å². The smallest absolute Gasteiger partial charge is 0.354 e. The molecule has 0 bridgehead atoms. The van der Waals surface area contributed by atoms with Gasteiger partial charge >= 0.3 is 11.9 Å². The number of halogens is 1. The minimum absolute atomic E-state index is 0.132. The lowest BCUT2D eigenvalue weighted by Crippen LogP contribution is -2.19. The number of hydrogen-bond acceptors (Lipinski definition) is 6. The summed E-state index contributed by atoms with van der Waals surface area (Å²) in [4.78, 5) is 24.9. The van der Waals surface area contributed by atoms with Crippen molar-refractivity contribution in [2.45, 2.75) is 12.8 Å². The number of rotatable bonds is 5. The zero-order chi connectivity index (χ0) is 16.8. The summed E-state index contributed by atoms with van der Waals surface area (Å²) in [6.07, 6.45) is 3.06. The van der Waals surface area contributed by atoms with E-state index >= 15 is 0 Å². The number of hydrogen-bond donors (Lipinski definition) is 1. The summed E-state index contributed by atoms with van der Waals surface area (Å²) in [5, 5.41) is 2.68. The second kappa shape index (κ2) is 7.62. The molecule has 6 nitrogen and oxygen atoms in total. The fraction of sp³-hybridized carbons (Fsp3) is 0.375. The van der Waals surface area contributed by atoms with E-state index in [9.17, 15) is 14.0 Å². The van der Waals surface area contributed by atoms with E-state index in [0.717, 1.165) is 32.0 Å². The van der Waals surface area contributed by atoms with Gasteiger partial charge in [0.2, 0.25) is 0 Å². The fourth-order valence-corrected chi connectivity index (χ4v) is 2.39. The van der Waals surface area contributed by atoms with Gasteiger partial charge in [-0.3, -0.25) is 0 Å². The van der Waals surface area contributed by atoms with Gasteiger partial charge in [0.05, 0.1) is 26.0 Å². The van der Waals surface area contributed by atoms with Gasteiger partial charge in [0.25, 0.3) is 0 Å². The molecule has 0 spiro atoms. The highest BCUT2D eigenvalue weighted by atomic mass is 19.1. The van der Waals surface area contributed by atoms with Gasteiger partial charge < -0.3 is 19.7 Å². The number of benzene rings is 1. The molecule has 1 aromatic rings. The van der Waals surface area contributed by atoms with E-state index in [4.69, 9.17) is 0 Å². The average molecular weight is 322 g/mol. The standard InChI is InChI=1S/C16H19FN2O4/c1-22-15(20)10-13(16(21)23-2)18-11-5-6-14(12(17)9-11)19-7-3-4-8-19/h5-6,9-10,18H,3-4,7-8H2,1-2H3/b13-10+. The van der Waals surface area contributed by atoms with E-state index in [-0.39, 0.29) is 11.5 Å². The highest BCUT2D eigenvalue weighted by Gasteiger charge is 2.17. The van der Waals surface area contributed by atoms with Crippen LogP contribution in [0.4, 0.5) is 15.8 Å². The number of nitrogens with one attached hydrogen (secondary N) is 1. The van der Waals surface area contributed by atoms with Gasteiger partial charge in [-0.05, 0) is 31.0 Å². The first-order valence-corrected chi connectivity index (χ1v) is 7.24. The van der Waals surface area contributed by atoms with Crippen molar-refractivity contribution >= 4 is 23.3 Å². The van der Waals surface area contributed by atoms with E-state index in [2.05, 4.69) is 14.8 Å². The Hall–Kier alpha value is -2.57. The first-order chi connectivity index (χ1) is 11.0. The maximum atomic E-state index is 14.3. The third-order valence-electron chi connectivity index (χ3n) is 3.54. The van der Waals surface area contributed by atoms with Crippen LogP contribution >= 0.6 is 0 Å². The number of methoxy groups -OCH3 is 2. The zero-order valence-corrected chi connectivity index (χ0v) is 13.1. The van der Waals surface area contributed by atoms with Crippen LogP contribution in [0.1, 0.15) is 12.8 Å². The van der Waals surface area contributed by atoms with Crippen molar-refractivity contribution < 1.29 is 23.5 Å². The molecule has 0 unspecified atom stereocenters. The molecule has 1 saturated heterocycles. The number of nitrogens with zero attached hydrogens (tertiary/aromatic N) is 1. The van der Waals surface area contributed by atoms with Crippen LogP contribution in [-0.2, 0) is 19.1 Å². The highest BCUT2D eigenvalue weighted by molar-refractivity contribution is 5.98. The molecule has 0 saturated carbocycles. The topological polar surface area (TPSA) is 67.9 Å². The SMILES string of the molecule is COC(=O)/C=C(/Nc1ccc(N2CCCC2)c(F)c1)C(=O)OC. The molecule has 1 aliphatic heterocycles. The van der Waals surface area contributed by atoms with Crippen LogP contribution < -0.4 is 10.2 Å². The van der Waals surface area contributed by atoms with Gasteiger partial charge in [-0.15, -0.1) is 0 Å². The largest absolute Gasteiger partial charge is 0.466 e. The monoisotopic (exact) mass is 322 g/mol. The van der Waals surface area contributed by atoms with E-state index in [1.807, 2.05) is 4.90 Å². The first-order valence-electron chi connectivity index (χ1n) is 7.24. The Balaban J connectivity index is 2.20. The normalized spacial score (nSPS) is 14.6. The molecular weight excluding hydrogens is 303 g/mol. The summed E-state index contributed by atoms with van der Waals surface area (Å²) >= 11 is 0. The summed E-state index contributed by atoms with van der Waals surface area (Å²) in [6, 6.07) is 4.57. The van der Waals surface area contributed by atoms with Crippen LogP contribution in [-0.4, -0.2) is 39.2 Å². The number of anilines is 2. The van der Waals surface area contributed by atoms with Gasteiger partial charge in [0, 0.05) is 18.8 Å². The first kappa shape index (κ1) is 16.8. The number of esters is 2. The van der Waals surface area contributed by atoms with E-state index in [1.165, 1.54) is 20.3 Å². The zero-order valence-electron chi connectivity index (χ0n) is 13.1. The van der Waals surface area contributed by atoms with Crippen LogP contribution in [0.5, 0.6) is 0 Å². The number of carbonyl (C=O) groups excluding carboxylic acids is 2. The maximum Gasteiger partial charge on any atom is 0.354 e. The minimum Gasteiger partial charge on any atom is -0.466 e. The van der Waals surface area contributed by atoms with Crippen molar-refractivity contribution in [3.63, 3.8) is 0 Å². The van der Waals surface area contributed by atoms with Crippen LogP contribution in [0.15, 0.2) is 30.0 Å². The summed E-state index contributed by atoms with van der Waals surface area (Å²) in [5.41, 5.74) is 0.739. The predicted octanol–water partition coefficient (Wildman–Crippen LogP) is 2.07. The van der Waals surface area contributed by atoms with Crippen molar-refractivity contribution in [3.05, 3.63) is 35.8 Å². The average Bonchev–Trinajstić information content (AvgIpc) is 3.07. The molecule has 2 rings (SSSR count). The van der Waals surface area contributed by atoms with Gasteiger partial charge in [-0.1, -0.05) is 0 Å². The van der Waals surface area contributed by atoms with Gasteiger partial charge in [-0.25, -0.2) is 14.0 Å². The quantitative estimate of drug-likeness (QED) is 0.661. The predicted molar refractivity (Wildman–Crippen MR) is 83.6 cm³/mol. The second-order valence-corrected chi connectivity index (χ2v) is 5.06. The van der Waals surface area contributed by atoms with Gasteiger partial charge in [0.15, 0.2) is 0 Å².